The Morgan fingerprint density at radius 2 is 2.16 bits per heavy atom. The Bertz CT molecular complexity index is 717. The number of benzene rings is 1. The first kappa shape index (κ1) is 20.1. The quantitative estimate of drug-likeness (QED) is 0.426. The van der Waals surface area contributed by atoms with E-state index in [0.717, 1.165) is 28.6 Å². The fourth-order valence-electron chi connectivity index (χ4n) is 2.70. The molecule has 0 radical (unpaired) electrons. The van der Waals surface area contributed by atoms with E-state index in [-0.39, 0.29) is 11.2 Å². The molecule has 0 aliphatic heterocycles. The molecular formula is C19H27ClN2O2S. The first-order valence-corrected chi connectivity index (χ1v) is 10.2. The van der Waals surface area contributed by atoms with Crippen LogP contribution >= 0.6 is 23.4 Å². The average Bonchev–Trinajstić information content (AvgIpc) is 2.98. The van der Waals surface area contributed by atoms with Crippen LogP contribution in [0.2, 0.25) is 5.02 Å². The van der Waals surface area contributed by atoms with Crippen molar-refractivity contribution in [2.24, 2.45) is 13.0 Å². The average molecular weight is 383 g/mol. The molecule has 0 saturated carbocycles. The van der Waals surface area contributed by atoms with Crippen LogP contribution in [0.15, 0.2) is 23.2 Å². The number of aromatic nitrogens is 2. The monoisotopic (exact) mass is 382 g/mol. The van der Waals surface area contributed by atoms with E-state index in [9.17, 15) is 4.79 Å². The summed E-state index contributed by atoms with van der Waals surface area (Å²) in [6.45, 7) is 6.70. The van der Waals surface area contributed by atoms with E-state index >= 15 is 0 Å². The fraction of sp³-hybridized carbons (Fsp3) is 0.579. The van der Waals surface area contributed by atoms with Gasteiger partial charge < -0.3 is 4.74 Å². The minimum atomic E-state index is -0.296. The molecule has 2 atom stereocenters. The first-order valence-electron chi connectivity index (χ1n) is 8.91. The van der Waals surface area contributed by atoms with Crippen LogP contribution in [0, 0.1) is 5.92 Å². The lowest BCUT2D eigenvalue weighted by Gasteiger charge is -2.17. The lowest BCUT2D eigenvalue weighted by Crippen LogP contribution is -2.21. The number of unbranched alkanes of at least 4 members (excludes halogenated alkanes) is 1. The van der Waals surface area contributed by atoms with Crippen LogP contribution in [-0.4, -0.2) is 27.6 Å². The van der Waals surface area contributed by atoms with Gasteiger partial charge in [0.05, 0.1) is 17.1 Å². The molecule has 0 aliphatic rings. The lowest BCUT2D eigenvalue weighted by atomic mass is 10.0. The third-order valence-electron chi connectivity index (χ3n) is 4.34. The second-order valence-corrected chi connectivity index (χ2v) is 8.18. The summed E-state index contributed by atoms with van der Waals surface area (Å²) < 4.78 is 7.28. The maximum Gasteiger partial charge on any atom is 0.319 e. The number of nitrogens with zero attached hydrogens (tertiary/aromatic N) is 2. The summed E-state index contributed by atoms with van der Waals surface area (Å²) in [5.41, 5.74) is 0.855. The second kappa shape index (κ2) is 9.48. The normalized spacial score (nSPS) is 13.8. The van der Waals surface area contributed by atoms with Crippen LogP contribution < -0.4 is 0 Å². The van der Waals surface area contributed by atoms with Gasteiger partial charge in [-0.1, -0.05) is 44.7 Å². The third-order valence-corrected chi connectivity index (χ3v) is 6.00. The topological polar surface area (TPSA) is 44.1 Å². The van der Waals surface area contributed by atoms with Crippen LogP contribution in [0.1, 0.15) is 46.5 Å². The van der Waals surface area contributed by atoms with Gasteiger partial charge in [-0.05, 0) is 31.4 Å². The summed E-state index contributed by atoms with van der Waals surface area (Å²) in [5, 5.41) is 5.59. The van der Waals surface area contributed by atoms with Crippen LogP contribution in [-0.2, 0) is 16.6 Å². The molecule has 1 aromatic heterocycles. The molecule has 2 aromatic rings. The Morgan fingerprint density at radius 1 is 1.40 bits per heavy atom. The zero-order valence-corrected chi connectivity index (χ0v) is 17.0. The number of carbonyl (C=O) groups excluding carboxylic acids is 1. The van der Waals surface area contributed by atoms with Crippen LogP contribution in [0.4, 0.5) is 0 Å². The molecule has 0 bridgehead atoms. The molecule has 1 heterocycles. The summed E-state index contributed by atoms with van der Waals surface area (Å²) in [6.07, 6.45) is 6.40. The minimum absolute atomic E-state index is 0.178. The highest BCUT2D eigenvalue weighted by molar-refractivity contribution is 8.00. The van der Waals surface area contributed by atoms with Gasteiger partial charge in [0.2, 0.25) is 0 Å². The van der Waals surface area contributed by atoms with Crippen molar-refractivity contribution in [3.05, 3.63) is 23.4 Å². The van der Waals surface area contributed by atoms with E-state index in [0.29, 0.717) is 17.5 Å². The van der Waals surface area contributed by atoms with Gasteiger partial charge in [0.25, 0.3) is 0 Å². The number of rotatable bonds is 9. The van der Waals surface area contributed by atoms with Crippen molar-refractivity contribution in [1.29, 1.82) is 0 Å². The van der Waals surface area contributed by atoms with Crippen molar-refractivity contribution < 1.29 is 9.53 Å². The molecule has 4 nitrogen and oxygen atoms in total. The van der Waals surface area contributed by atoms with E-state index in [1.807, 2.05) is 32.3 Å². The van der Waals surface area contributed by atoms with Crippen LogP contribution in [0.3, 0.4) is 0 Å². The Kier molecular flexibility index (Phi) is 7.63. The molecule has 2 unspecified atom stereocenters. The number of carbonyl (C=O) groups is 1. The number of thioether (sulfide) groups is 1. The Balaban J connectivity index is 1.95. The lowest BCUT2D eigenvalue weighted by molar-refractivity contribution is -0.144. The number of esters is 1. The number of hydrogen-bond donors (Lipinski definition) is 0. The van der Waals surface area contributed by atoms with Crippen LogP contribution in [0.5, 0.6) is 0 Å². The first-order chi connectivity index (χ1) is 12.0. The second-order valence-electron chi connectivity index (χ2n) is 6.42. The Hall–Kier alpha value is -1.20. The van der Waals surface area contributed by atoms with Crippen molar-refractivity contribution in [2.45, 2.75) is 56.6 Å². The predicted molar refractivity (Wildman–Crippen MR) is 105 cm³/mol. The summed E-state index contributed by atoms with van der Waals surface area (Å²) in [6, 6.07) is 3.85. The molecule has 25 heavy (non-hydrogen) atoms. The highest BCUT2D eigenvalue weighted by Crippen LogP contribution is 2.35. The van der Waals surface area contributed by atoms with Gasteiger partial charge in [0.1, 0.15) is 5.25 Å². The molecule has 138 valence electrons. The molecule has 2 rings (SSSR count). The smallest absolute Gasteiger partial charge is 0.319 e. The molecule has 0 fully saturated rings. The maximum absolute atomic E-state index is 12.3. The van der Waals surface area contributed by atoms with E-state index < -0.39 is 0 Å². The maximum atomic E-state index is 12.3. The number of aryl methyl sites for hydroxylation is 1. The van der Waals surface area contributed by atoms with E-state index in [1.54, 1.807) is 4.68 Å². The molecular weight excluding hydrogens is 356 g/mol. The van der Waals surface area contributed by atoms with Gasteiger partial charge in [-0.15, -0.1) is 11.8 Å². The van der Waals surface area contributed by atoms with Crippen LogP contribution in [0.25, 0.3) is 10.9 Å². The third kappa shape index (κ3) is 5.38. The highest BCUT2D eigenvalue weighted by Gasteiger charge is 2.20. The zero-order chi connectivity index (χ0) is 18.4. The van der Waals surface area contributed by atoms with Crippen molar-refractivity contribution >= 4 is 40.2 Å². The van der Waals surface area contributed by atoms with Gasteiger partial charge in [-0.2, -0.15) is 5.10 Å². The predicted octanol–water partition coefficient (Wildman–Crippen LogP) is 5.47. The SMILES string of the molecule is CCCCC(CC)COC(=O)C(C)Sc1ccc2nn(C)cc2c1Cl. The van der Waals surface area contributed by atoms with E-state index in [2.05, 4.69) is 18.9 Å². The summed E-state index contributed by atoms with van der Waals surface area (Å²) in [7, 11) is 1.87. The zero-order valence-electron chi connectivity index (χ0n) is 15.4. The van der Waals surface area contributed by atoms with Crippen molar-refractivity contribution in [3.8, 4) is 0 Å². The van der Waals surface area contributed by atoms with Crippen molar-refractivity contribution in [3.63, 3.8) is 0 Å². The molecule has 0 saturated heterocycles. The summed E-state index contributed by atoms with van der Waals surface area (Å²) >= 11 is 7.92. The number of hydrogen-bond acceptors (Lipinski definition) is 4. The van der Waals surface area contributed by atoms with Crippen molar-refractivity contribution in [2.75, 3.05) is 6.61 Å². The fourth-order valence-corrected chi connectivity index (χ4v) is 3.95. The molecule has 0 amide bonds. The molecule has 0 N–H and O–H groups in total. The molecule has 1 aromatic carbocycles. The standard InChI is InChI=1S/C19H27ClN2O2S/c1-5-7-8-14(6-2)12-24-19(23)13(3)25-17-10-9-16-15(18(17)20)11-22(4)21-16/h9-11,13-14H,5-8,12H2,1-4H3. The number of ether oxygens (including phenoxy) is 1. The van der Waals surface area contributed by atoms with Gasteiger partial charge in [0.15, 0.2) is 0 Å². The Labute approximate surface area is 159 Å². The molecule has 6 heteroatoms. The van der Waals surface area contributed by atoms with Gasteiger partial charge in [-0.25, -0.2) is 0 Å². The van der Waals surface area contributed by atoms with Gasteiger partial charge in [0, 0.05) is 23.5 Å². The number of fused-ring (bicyclic) bond motifs is 1. The van der Waals surface area contributed by atoms with E-state index in [4.69, 9.17) is 16.3 Å². The Morgan fingerprint density at radius 3 is 2.84 bits per heavy atom. The van der Waals surface area contributed by atoms with Gasteiger partial charge >= 0.3 is 5.97 Å². The molecule has 0 spiro atoms. The summed E-state index contributed by atoms with van der Waals surface area (Å²) in [4.78, 5) is 13.2. The van der Waals surface area contributed by atoms with Gasteiger partial charge in [-0.3, -0.25) is 9.48 Å². The largest absolute Gasteiger partial charge is 0.465 e. The molecule has 0 aliphatic carbocycles. The van der Waals surface area contributed by atoms with E-state index in [1.165, 1.54) is 24.6 Å². The minimum Gasteiger partial charge on any atom is -0.465 e. The van der Waals surface area contributed by atoms with Crippen molar-refractivity contribution in [1.82, 2.24) is 9.78 Å². The summed E-state index contributed by atoms with van der Waals surface area (Å²) in [5.74, 6) is 0.277. The number of halogens is 1. The highest BCUT2D eigenvalue weighted by atomic mass is 35.5.